The van der Waals surface area contributed by atoms with Crippen molar-refractivity contribution in [3.05, 3.63) is 54.3 Å². The Morgan fingerprint density at radius 3 is 2.36 bits per heavy atom. The van der Waals surface area contributed by atoms with Gasteiger partial charge < -0.3 is 10.6 Å². The van der Waals surface area contributed by atoms with E-state index in [2.05, 4.69) is 15.4 Å². The topological polar surface area (TPSA) is 87.3 Å². The Hall–Kier alpha value is -2.61. The zero-order chi connectivity index (χ0) is 18.4. The third kappa shape index (κ3) is 5.75. The lowest BCUT2D eigenvalue weighted by molar-refractivity contribution is 0.251. The van der Waals surface area contributed by atoms with Gasteiger partial charge in [0.1, 0.15) is 5.82 Å². The van der Waals surface area contributed by atoms with Gasteiger partial charge in [-0.3, -0.25) is 4.72 Å². The predicted octanol–water partition coefficient (Wildman–Crippen LogP) is 3.40. The second-order valence-corrected chi connectivity index (χ2v) is 7.55. The van der Waals surface area contributed by atoms with E-state index in [0.29, 0.717) is 18.2 Å². The van der Waals surface area contributed by atoms with E-state index in [0.717, 1.165) is 6.07 Å². The molecule has 2 aromatic rings. The maximum Gasteiger partial charge on any atom is 0.319 e. The third-order valence-electron chi connectivity index (χ3n) is 3.17. The third-order valence-corrected chi connectivity index (χ3v) is 4.57. The minimum Gasteiger partial charge on any atom is -0.338 e. The molecular formula is C17H20FN3O3S. The van der Waals surface area contributed by atoms with E-state index < -0.39 is 15.8 Å². The maximum absolute atomic E-state index is 13.2. The fraction of sp³-hybridized carbons (Fsp3) is 0.235. The van der Waals surface area contributed by atoms with E-state index in [1.807, 2.05) is 13.8 Å². The molecule has 0 saturated carbocycles. The van der Waals surface area contributed by atoms with Gasteiger partial charge in [0.25, 0.3) is 10.0 Å². The van der Waals surface area contributed by atoms with Gasteiger partial charge in [0.2, 0.25) is 0 Å². The highest BCUT2D eigenvalue weighted by molar-refractivity contribution is 7.92. The first-order valence-electron chi connectivity index (χ1n) is 7.69. The van der Waals surface area contributed by atoms with E-state index in [9.17, 15) is 17.6 Å². The summed E-state index contributed by atoms with van der Waals surface area (Å²) in [5.41, 5.74) is 0.598. The monoisotopic (exact) mass is 365 g/mol. The molecule has 0 spiro atoms. The second kappa shape index (κ2) is 7.98. The van der Waals surface area contributed by atoms with Gasteiger partial charge in [0, 0.05) is 12.2 Å². The summed E-state index contributed by atoms with van der Waals surface area (Å²) in [6.07, 6.45) is 0. The normalized spacial score (nSPS) is 11.2. The SMILES string of the molecule is CC(C)CNC(=O)Nc1ccc(S(=O)(=O)Nc2cccc(F)c2)cc1. The largest absolute Gasteiger partial charge is 0.338 e. The molecule has 0 aliphatic carbocycles. The molecule has 25 heavy (non-hydrogen) atoms. The Bertz CT molecular complexity index is 836. The van der Waals surface area contributed by atoms with Crippen molar-refractivity contribution in [2.75, 3.05) is 16.6 Å². The first-order valence-corrected chi connectivity index (χ1v) is 9.18. The molecule has 2 aromatic carbocycles. The zero-order valence-electron chi connectivity index (χ0n) is 13.9. The predicted molar refractivity (Wildman–Crippen MR) is 95.5 cm³/mol. The number of hydrogen-bond donors (Lipinski definition) is 3. The number of anilines is 2. The number of carbonyl (C=O) groups is 1. The van der Waals surface area contributed by atoms with Gasteiger partial charge in [0.15, 0.2) is 0 Å². The molecule has 2 amide bonds. The summed E-state index contributed by atoms with van der Waals surface area (Å²) in [5, 5.41) is 5.32. The molecule has 3 N–H and O–H groups in total. The van der Waals surface area contributed by atoms with E-state index >= 15 is 0 Å². The number of amides is 2. The van der Waals surface area contributed by atoms with Crippen LogP contribution in [-0.4, -0.2) is 21.0 Å². The quantitative estimate of drug-likeness (QED) is 0.733. The van der Waals surface area contributed by atoms with E-state index in [-0.39, 0.29) is 16.6 Å². The van der Waals surface area contributed by atoms with Crippen molar-refractivity contribution < 1.29 is 17.6 Å². The van der Waals surface area contributed by atoms with Crippen LogP contribution in [0.4, 0.5) is 20.6 Å². The number of halogens is 1. The van der Waals surface area contributed by atoms with Crippen LogP contribution in [0.1, 0.15) is 13.8 Å². The number of hydrogen-bond acceptors (Lipinski definition) is 3. The smallest absolute Gasteiger partial charge is 0.319 e. The van der Waals surface area contributed by atoms with Crippen molar-refractivity contribution in [1.29, 1.82) is 0 Å². The van der Waals surface area contributed by atoms with Crippen LogP contribution in [0.5, 0.6) is 0 Å². The molecule has 0 unspecified atom stereocenters. The summed E-state index contributed by atoms with van der Waals surface area (Å²) < 4.78 is 40.0. The highest BCUT2D eigenvalue weighted by Gasteiger charge is 2.14. The average molecular weight is 365 g/mol. The van der Waals surface area contributed by atoms with Crippen molar-refractivity contribution in [3.63, 3.8) is 0 Å². The van der Waals surface area contributed by atoms with E-state index in [1.165, 1.54) is 42.5 Å². The summed E-state index contributed by atoms with van der Waals surface area (Å²) in [6.45, 7) is 4.49. The van der Waals surface area contributed by atoms with Gasteiger partial charge in [0.05, 0.1) is 10.6 Å². The maximum atomic E-state index is 13.2. The first-order chi connectivity index (χ1) is 11.8. The molecule has 0 aliphatic heterocycles. The molecule has 2 rings (SSSR count). The number of urea groups is 1. The number of rotatable bonds is 6. The van der Waals surface area contributed by atoms with Crippen molar-refractivity contribution in [3.8, 4) is 0 Å². The molecule has 8 heteroatoms. The fourth-order valence-corrected chi connectivity index (χ4v) is 3.01. The Labute approximate surface area is 146 Å². The number of nitrogens with one attached hydrogen (secondary N) is 3. The van der Waals surface area contributed by atoms with Crippen LogP contribution in [0, 0.1) is 11.7 Å². The van der Waals surface area contributed by atoms with Crippen molar-refractivity contribution in [2.24, 2.45) is 5.92 Å². The zero-order valence-corrected chi connectivity index (χ0v) is 14.7. The fourth-order valence-electron chi connectivity index (χ4n) is 1.96. The Morgan fingerprint density at radius 2 is 1.76 bits per heavy atom. The molecule has 134 valence electrons. The number of carbonyl (C=O) groups excluding carboxylic acids is 1. The minimum atomic E-state index is -3.84. The van der Waals surface area contributed by atoms with Gasteiger partial charge in [-0.25, -0.2) is 17.6 Å². The van der Waals surface area contributed by atoms with Crippen LogP contribution in [0.25, 0.3) is 0 Å². The van der Waals surface area contributed by atoms with Gasteiger partial charge in [-0.05, 0) is 48.4 Å². The second-order valence-electron chi connectivity index (χ2n) is 5.87. The molecule has 0 heterocycles. The highest BCUT2D eigenvalue weighted by atomic mass is 32.2. The van der Waals surface area contributed by atoms with Gasteiger partial charge >= 0.3 is 6.03 Å². The van der Waals surface area contributed by atoms with Gasteiger partial charge in [-0.2, -0.15) is 0 Å². The van der Waals surface area contributed by atoms with Crippen LogP contribution in [0.15, 0.2) is 53.4 Å². The lowest BCUT2D eigenvalue weighted by atomic mass is 10.2. The summed E-state index contributed by atoms with van der Waals surface area (Å²) in [4.78, 5) is 11.7. The molecule has 0 saturated heterocycles. The summed E-state index contributed by atoms with van der Waals surface area (Å²) in [5.74, 6) is -0.209. The lowest BCUT2D eigenvalue weighted by Gasteiger charge is -2.11. The number of benzene rings is 2. The van der Waals surface area contributed by atoms with Gasteiger partial charge in [-0.15, -0.1) is 0 Å². The van der Waals surface area contributed by atoms with Crippen molar-refractivity contribution >= 4 is 27.4 Å². The molecule has 0 aliphatic rings. The molecule has 0 atom stereocenters. The Morgan fingerprint density at radius 1 is 1.08 bits per heavy atom. The average Bonchev–Trinajstić information content (AvgIpc) is 2.53. The minimum absolute atomic E-state index is 0.00454. The van der Waals surface area contributed by atoms with E-state index in [4.69, 9.17) is 0 Å². The van der Waals surface area contributed by atoms with E-state index in [1.54, 1.807) is 0 Å². The van der Waals surface area contributed by atoms with Crippen LogP contribution < -0.4 is 15.4 Å². The Balaban J connectivity index is 2.04. The summed E-state index contributed by atoms with van der Waals surface area (Å²) in [7, 11) is -3.84. The highest BCUT2D eigenvalue weighted by Crippen LogP contribution is 2.18. The summed E-state index contributed by atoms with van der Waals surface area (Å²) >= 11 is 0. The number of sulfonamides is 1. The molecular weight excluding hydrogens is 345 g/mol. The molecule has 6 nitrogen and oxygen atoms in total. The summed E-state index contributed by atoms with van der Waals surface area (Å²) in [6, 6.07) is 10.5. The molecule has 0 radical (unpaired) electrons. The van der Waals surface area contributed by atoms with Crippen molar-refractivity contribution in [1.82, 2.24) is 5.32 Å². The molecule has 0 bridgehead atoms. The van der Waals surface area contributed by atoms with Crippen LogP contribution in [0.3, 0.4) is 0 Å². The lowest BCUT2D eigenvalue weighted by Crippen LogP contribution is -2.31. The standard InChI is InChI=1S/C17H20FN3O3S/c1-12(2)11-19-17(22)20-14-6-8-16(9-7-14)25(23,24)21-15-5-3-4-13(18)10-15/h3-10,12,21H,11H2,1-2H3,(H2,19,20,22). The van der Waals surface area contributed by atoms with Crippen LogP contribution >= 0.6 is 0 Å². The first kappa shape index (κ1) is 18.7. The molecule has 0 aromatic heterocycles. The Kier molecular flexibility index (Phi) is 5.97. The van der Waals surface area contributed by atoms with Crippen molar-refractivity contribution in [2.45, 2.75) is 18.7 Å². The van der Waals surface area contributed by atoms with Crippen LogP contribution in [0.2, 0.25) is 0 Å². The van der Waals surface area contributed by atoms with Gasteiger partial charge in [-0.1, -0.05) is 19.9 Å². The van der Waals surface area contributed by atoms with Crippen LogP contribution in [-0.2, 0) is 10.0 Å². The molecule has 0 fully saturated rings.